The number of aromatic nitrogens is 1. The highest BCUT2D eigenvalue weighted by atomic mass is 35.5. The van der Waals surface area contributed by atoms with Crippen molar-refractivity contribution >= 4 is 17.7 Å². The maximum atomic E-state index is 11.6. The monoisotopic (exact) mass is 367 g/mol. The number of fused-ring (bicyclic) bond motifs is 1. The van der Waals surface area contributed by atoms with Crippen molar-refractivity contribution in [3.63, 3.8) is 0 Å². The lowest BCUT2D eigenvalue weighted by atomic mass is 9.99. The second-order valence-electron chi connectivity index (χ2n) is 6.27. The Labute approximate surface area is 150 Å². The Morgan fingerprint density at radius 2 is 2.12 bits per heavy atom. The fourth-order valence-corrected chi connectivity index (χ4v) is 3.36. The smallest absolute Gasteiger partial charge is 0.409 e. The first-order chi connectivity index (χ1) is 11.9. The van der Waals surface area contributed by atoms with Crippen LogP contribution in [-0.4, -0.2) is 71.7 Å². The van der Waals surface area contributed by atoms with Gasteiger partial charge in [0.05, 0.1) is 12.1 Å². The second-order valence-corrected chi connectivity index (χ2v) is 6.71. The molecule has 8 nitrogen and oxygen atoms in total. The third-order valence-electron chi connectivity index (χ3n) is 4.69. The summed E-state index contributed by atoms with van der Waals surface area (Å²) in [6, 6.07) is 1.66. The van der Waals surface area contributed by atoms with Crippen LogP contribution in [0.5, 0.6) is 0 Å². The minimum absolute atomic E-state index is 0.176. The zero-order valence-corrected chi connectivity index (χ0v) is 15.1. The molecule has 25 heavy (non-hydrogen) atoms. The number of carbonyl (C=O) groups excluding carboxylic acids is 1. The Hall–Kier alpha value is -1.77. The molecule has 0 spiro atoms. The molecule has 1 amide bonds. The van der Waals surface area contributed by atoms with E-state index in [1.165, 1.54) is 13.3 Å². The van der Waals surface area contributed by atoms with Crippen LogP contribution in [0.25, 0.3) is 0 Å². The SMILES string of the molecule is CC[C@H](CN1CCN(C(=O)OC)CC1)C1(O)N=c2cc(Cl)cnc2=N1. The highest BCUT2D eigenvalue weighted by Gasteiger charge is 2.39. The van der Waals surface area contributed by atoms with Gasteiger partial charge in [0.2, 0.25) is 0 Å². The van der Waals surface area contributed by atoms with Crippen molar-refractivity contribution in [2.75, 3.05) is 39.8 Å². The van der Waals surface area contributed by atoms with Crippen LogP contribution in [0.3, 0.4) is 0 Å². The Balaban J connectivity index is 1.69. The van der Waals surface area contributed by atoms with E-state index in [1.54, 1.807) is 11.0 Å². The van der Waals surface area contributed by atoms with Gasteiger partial charge in [-0.25, -0.2) is 19.8 Å². The van der Waals surface area contributed by atoms with E-state index in [4.69, 9.17) is 16.3 Å². The molecule has 3 rings (SSSR count). The lowest BCUT2D eigenvalue weighted by Crippen LogP contribution is -2.51. The molecule has 0 saturated carbocycles. The predicted octanol–water partition coefficient (Wildman–Crippen LogP) is 0.0441. The van der Waals surface area contributed by atoms with Crippen LogP contribution in [0.2, 0.25) is 5.02 Å². The van der Waals surface area contributed by atoms with Crippen LogP contribution in [0.4, 0.5) is 4.79 Å². The van der Waals surface area contributed by atoms with E-state index in [2.05, 4.69) is 19.9 Å². The Morgan fingerprint density at radius 1 is 1.40 bits per heavy atom. The summed E-state index contributed by atoms with van der Waals surface area (Å²) in [6.07, 6.45) is 1.91. The number of pyridine rings is 1. The Bertz CT molecular complexity index is 766. The Morgan fingerprint density at radius 3 is 2.76 bits per heavy atom. The minimum Gasteiger partial charge on any atom is -0.453 e. The van der Waals surface area contributed by atoms with Crippen molar-refractivity contribution in [2.45, 2.75) is 19.2 Å². The lowest BCUT2D eigenvalue weighted by molar-refractivity contribution is -0.0251. The number of halogens is 1. The van der Waals surface area contributed by atoms with Gasteiger partial charge in [-0.3, -0.25) is 4.90 Å². The van der Waals surface area contributed by atoms with E-state index in [0.717, 1.165) is 13.1 Å². The van der Waals surface area contributed by atoms with Gasteiger partial charge in [-0.1, -0.05) is 18.5 Å². The molecule has 2 aliphatic rings. The van der Waals surface area contributed by atoms with Gasteiger partial charge in [-0.15, -0.1) is 0 Å². The molecule has 9 heteroatoms. The molecule has 1 unspecified atom stereocenters. The third-order valence-corrected chi connectivity index (χ3v) is 4.90. The summed E-state index contributed by atoms with van der Waals surface area (Å²) in [7, 11) is 1.39. The average molecular weight is 368 g/mol. The number of hydrogen-bond donors (Lipinski definition) is 1. The molecular weight excluding hydrogens is 346 g/mol. The number of nitrogens with zero attached hydrogens (tertiary/aromatic N) is 5. The van der Waals surface area contributed by atoms with Gasteiger partial charge < -0.3 is 14.7 Å². The quantitative estimate of drug-likeness (QED) is 0.811. The van der Waals surface area contributed by atoms with E-state index in [-0.39, 0.29) is 12.0 Å². The fraction of sp³-hybridized carbons (Fsp3) is 0.625. The normalized spacial score (nSPS) is 24.2. The van der Waals surface area contributed by atoms with E-state index < -0.39 is 5.85 Å². The lowest BCUT2D eigenvalue weighted by Gasteiger charge is -2.37. The van der Waals surface area contributed by atoms with Crippen molar-refractivity contribution < 1.29 is 14.6 Å². The molecule has 1 aromatic rings. The topological polar surface area (TPSA) is 90.6 Å². The summed E-state index contributed by atoms with van der Waals surface area (Å²) in [5.74, 6) is -1.70. The van der Waals surface area contributed by atoms with Crippen molar-refractivity contribution in [1.29, 1.82) is 0 Å². The molecule has 0 bridgehead atoms. The van der Waals surface area contributed by atoms with Gasteiger partial charge >= 0.3 is 6.09 Å². The first-order valence-electron chi connectivity index (χ1n) is 8.34. The molecule has 1 saturated heterocycles. The number of hydrogen-bond acceptors (Lipinski definition) is 7. The van der Waals surface area contributed by atoms with Crippen molar-refractivity contribution in [2.24, 2.45) is 15.9 Å². The number of amides is 1. The van der Waals surface area contributed by atoms with Crippen LogP contribution < -0.4 is 10.8 Å². The number of piperazine rings is 1. The molecule has 1 N–H and O–H groups in total. The summed E-state index contributed by atoms with van der Waals surface area (Å²) >= 11 is 5.94. The van der Waals surface area contributed by atoms with Crippen LogP contribution in [0, 0.1) is 5.92 Å². The summed E-state index contributed by atoms with van der Waals surface area (Å²) in [4.78, 5) is 28.3. The first kappa shape index (κ1) is 18.0. The van der Waals surface area contributed by atoms with Crippen LogP contribution in [-0.2, 0) is 4.74 Å². The number of aliphatic hydroxyl groups is 1. The Kier molecular flexibility index (Phi) is 5.21. The maximum Gasteiger partial charge on any atom is 0.409 e. The van der Waals surface area contributed by atoms with E-state index in [0.29, 0.717) is 41.9 Å². The van der Waals surface area contributed by atoms with Crippen molar-refractivity contribution in [1.82, 2.24) is 14.8 Å². The predicted molar refractivity (Wildman–Crippen MR) is 90.7 cm³/mol. The molecule has 3 heterocycles. The second kappa shape index (κ2) is 7.23. The molecule has 2 aliphatic heterocycles. The molecule has 1 aromatic heterocycles. The highest BCUT2D eigenvalue weighted by molar-refractivity contribution is 6.30. The number of rotatable bonds is 4. The standard InChI is InChI=1S/C16H22ClN5O3/c1-3-11(10-21-4-6-22(7-5-21)15(23)25-2)16(24)19-13-8-12(17)9-18-14(13)20-16/h8-9,11,24H,3-7,10H2,1-2H3/t11-,16?/m1/s1. The maximum absolute atomic E-state index is 11.6. The minimum atomic E-state index is -1.52. The summed E-state index contributed by atoms with van der Waals surface area (Å²) < 4.78 is 4.75. The van der Waals surface area contributed by atoms with Crippen molar-refractivity contribution in [3.05, 3.63) is 28.1 Å². The zero-order valence-electron chi connectivity index (χ0n) is 14.4. The van der Waals surface area contributed by atoms with Gasteiger partial charge in [0, 0.05) is 44.8 Å². The zero-order chi connectivity index (χ0) is 18.0. The molecule has 136 valence electrons. The van der Waals surface area contributed by atoms with Gasteiger partial charge in [0.15, 0.2) is 5.49 Å². The number of methoxy groups -OCH3 is 1. The van der Waals surface area contributed by atoms with E-state index in [9.17, 15) is 9.90 Å². The number of carbonyl (C=O) groups is 1. The van der Waals surface area contributed by atoms with Gasteiger partial charge in [0.25, 0.3) is 5.85 Å². The fourth-order valence-electron chi connectivity index (χ4n) is 3.21. The summed E-state index contributed by atoms with van der Waals surface area (Å²) in [5.41, 5.74) is 0.417. The van der Waals surface area contributed by atoms with Gasteiger partial charge in [-0.05, 0) is 12.5 Å². The van der Waals surface area contributed by atoms with Gasteiger partial charge in [-0.2, -0.15) is 0 Å². The third kappa shape index (κ3) is 3.75. The largest absolute Gasteiger partial charge is 0.453 e. The molecule has 0 radical (unpaired) electrons. The molecule has 0 aromatic carbocycles. The first-order valence-corrected chi connectivity index (χ1v) is 8.72. The van der Waals surface area contributed by atoms with E-state index >= 15 is 0 Å². The highest BCUT2D eigenvalue weighted by Crippen LogP contribution is 2.26. The van der Waals surface area contributed by atoms with Gasteiger partial charge in [0.1, 0.15) is 5.36 Å². The molecule has 2 atom stereocenters. The summed E-state index contributed by atoms with van der Waals surface area (Å²) in [5, 5.41) is 11.9. The van der Waals surface area contributed by atoms with Crippen LogP contribution in [0.15, 0.2) is 22.2 Å². The summed E-state index contributed by atoms with van der Waals surface area (Å²) in [6.45, 7) is 5.29. The molecule has 0 aliphatic carbocycles. The van der Waals surface area contributed by atoms with Crippen molar-refractivity contribution in [3.8, 4) is 0 Å². The molecule has 1 fully saturated rings. The van der Waals surface area contributed by atoms with E-state index in [1.807, 2.05) is 6.92 Å². The average Bonchev–Trinajstić information content (AvgIpc) is 2.95. The number of ether oxygens (including phenoxy) is 1. The van der Waals surface area contributed by atoms with Crippen LogP contribution in [0.1, 0.15) is 13.3 Å². The molecular formula is C16H22ClN5O3. The van der Waals surface area contributed by atoms with Crippen LogP contribution >= 0.6 is 11.6 Å².